The number of amides is 5. The lowest BCUT2D eigenvalue weighted by atomic mass is 9.66. The Labute approximate surface area is 208 Å². The normalized spacial score (nSPS) is 28.8. The van der Waals surface area contributed by atoms with Gasteiger partial charge in [-0.05, 0) is 31.9 Å². The Balaban J connectivity index is 1.55. The molecule has 5 amide bonds. The molecule has 6 rings (SSSR count). The minimum Gasteiger partial charge on any atom is -0.447 e. The average Bonchev–Trinajstić information content (AvgIpc) is 3.40. The highest BCUT2D eigenvalue weighted by molar-refractivity contribution is 6.20. The maximum atomic E-state index is 16.2. The van der Waals surface area contributed by atoms with Crippen molar-refractivity contribution in [1.82, 2.24) is 15.8 Å². The van der Waals surface area contributed by atoms with Gasteiger partial charge in [0, 0.05) is 19.6 Å². The molecule has 4 aliphatic rings. The fourth-order valence-corrected chi connectivity index (χ4v) is 6.19. The summed E-state index contributed by atoms with van der Waals surface area (Å²) in [6.07, 6.45) is -1.77. The Morgan fingerprint density at radius 3 is 2.65 bits per heavy atom. The molecule has 5 heterocycles. The first-order chi connectivity index (χ1) is 17.7. The fraction of sp³-hybridized carbons (Fsp3) is 0.522. The van der Waals surface area contributed by atoms with Crippen molar-refractivity contribution in [1.29, 1.82) is 0 Å². The predicted octanol–water partition coefficient (Wildman–Crippen LogP) is 0.565. The number of aliphatic hydroxyl groups is 1. The molecule has 1 unspecified atom stereocenters. The van der Waals surface area contributed by atoms with Crippen molar-refractivity contribution in [3.63, 3.8) is 0 Å². The predicted molar refractivity (Wildman–Crippen MR) is 122 cm³/mol. The highest BCUT2D eigenvalue weighted by atomic mass is 19.1. The summed E-state index contributed by atoms with van der Waals surface area (Å²) in [6.45, 7) is 3.46. The molecule has 4 aliphatic heterocycles. The zero-order chi connectivity index (χ0) is 26.2. The van der Waals surface area contributed by atoms with E-state index in [2.05, 4.69) is 15.8 Å². The van der Waals surface area contributed by atoms with Crippen LogP contribution in [0.2, 0.25) is 0 Å². The Bertz CT molecular complexity index is 1340. The summed E-state index contributed by atoms with van der Waals surface area (Å²) in [4.78, 5) is 53.8. The SMILES string of the molecule is C[C@@H]1CN2c3c(cc4c(N5C(=O)OC[C@@H]5CCO)noc4c3F)CC3(C(=O)NC(=O)NC3=O)C2[C@H](C)O1. The summed E-state index contributed by atoms with van der Waals surface area (Å²) in [5.74, 6) is -2.36. The third-order valence-electron chi connectivity index (χ3n) is 7.60. The average molecular weight is 517 g/mol. The molecular formula is C23H24FN5O8. The van der Waals surface area contributed by atoms with E-state index in [1.54, 1.807) is 24.8 Å². The Morgan fingerprint density at radius 2 is 1.95 bits per heavy atom. The molecular weight excluding hydrogens is 493 g/mol. The number of barbiturate groups is 1. The lowest BCUT2D eigenvalue weighted by Crippen LogP contribution is -2.75. The van der Waals surface area contributed by atoms with Gasteiger partial charge < -0.3 is 24.0 Å². The number of nitrogens with zero attached hydrogens (tertiary/aromatic N) is 3. The molecule has 37 heavy (non-hydrogen) atoms. The molecule has 1 aromatic carbocycles. The number of carbonyl (C=O) groups is 4. The van der Waals surface area contributed by atoms with Crippen LogP contribution in [-0.2, 0) is 25.5 Å². The number of anilines is 2. The number of halogens is 1. The first-order valence-electron chi connectivity index (χ1n) is 11.9. The smallest absolute Gasteiger partial charge is 0.416 e. The molecule has 14 heteroatoms. The van der Waals surface area contributed by atoms with Crippen LogP contribution < -0.4 is 20.4 Å². The number of imide groups is 2. The van der Waals surface area contributed by atoms with E-state index in [-0.39, 0.29) is 61.2 Å². The summed E-state index contributed by atoms with van der Waals surface area (Å²) in [6, 6.07) is -0.842. The van der Waals surface area contributed by atoms with Gasteiger partial charge >= 0.3 is 12.1 Å². The standard InChI is InChI=1S/C23H24FN5O8/c1-9-7-28-15-11(6-23(17(28)10(2)36-9)19(31)25-21(33)26-20(23)32)5-13-16(14(15)24)37-27-18(13)29-12(3-4-30)8-35-22(29)34/h5,9-10,12,17,30H,3-4,6-8H2,1-2H3,(H2,25,26,31,32,33)/t9-,10+,12+,17?/m1/s1. The Kier molecular flexibility index (Phi) is 5.18. The van der Waals surface area contributed by atoms with Gasteiger partial charge in [-0.2, -0.15) is 0 Å². The number of rotatable bonds is 3. The lowest BCUT2D eigenvalue weighted by Gasteiger charge is -2.55. The number of morpholine rings is 1. The molecule has 3 fully saturated rings. The van der Waals surface area contributed by atoms with E-state index in [1.165, 1.54) is 4.90 Å². The minimum absolute atomic E-state index is 0.00487. The van der Waals surface area contributed by atoms with E-state index in [9.17, 15) is 24.3 Å². The maximum absolute atomic E-state index is 16.2. The molecule has 196 valence electrons. The van der Waals surface area contributed by atoms with Gasteiger partial charge in [0.25, 0.3) is 0 Å². The van der Waals surface area contributed by atoms with Gasteiger partial charge in [-0.3, -0.25) is 25.1 Å². The van der Waals surface area contributed by atoms with E-state index in [0.717, 1.165) is 0 Å². The largest absolute Gasteiger partial charge is 0.447 e. The highest BCUT2D eigenvalue weighted by Crippen LogP contribution is 2.50. The summed E-state index contributed by atoms with van der Waals surface area (Å²) in [5.41, 5.74) is -1.55. The molecule has 3 N–H and O–H groups in total. The second-order valence-electron chi connectivity index (χ2n) is 9.83. The van der Waals surface area contributed by atoms with Gasteiger partial charge in [-0.25, -0.2) is 14.0 Å². The Hall–Kier alpha value is -3.78. The number of urea groups is 1. The second-order valence-corrected chi connectivity index (χ2v) is 9.83. The number of cyclic esters (lactones) is 1. The Morgan fingerprint density at radius 1 is 1.22 bits per heavy atom. The van der Waals surface area contributed by atoms with Crippen LogP contribution in [0.15, 0.2) is 10.6 Å². The summed E-state index contributed by atoms with van der Waals surface area (Å²) in [7, 11) is 0. The van der Waals surface area contributed by atoms with Crippen molar-refractivity contribution in [2.45, 2.75) is 51.0 Å². The van der Waals surface area contributed by atoms with Crippen LogP contribution in [0.1, 0.15) is 25.8 Å². The molecule has 1 aromatic heterocycles. The molecule has 0 aliphatic carbocycles. The number of ether oxygens (including phenoxy) is 2. The maximum Gasteiger partial charge on any atom is 0.416 e. The molecule has 4 atom stereocenters. The van der Waals surface area contributed by atoms with Crippen molar-refractivity contribution >= 4 is 46.4 Å². The number of benzene rings is 1. The van der Waals surface area contributed by atoms with E-state index in [0.29, 0.717) is 5.56 Å². The zero-order valence-corrected chi connectivity index (χ0v) is 19.9. The van der Waals surface area contributed by atoms with E-state index in [1.807, 2.05) is 0 Å². The van der Waals surface area contributed by atoms with Crippen molar-refractivity contribution in [3.8, 4) is 0 Å². The third-order valence-corrected chi connectivity index (χ3v) is 7.60. The molecule has 0 bridgehead atoms. The van der Waals surface area contributed by atoms with Gasteiger partial charge in [-0.1, -0.05) is 5.16 Å². The van der Waals surface area contributed by atoms with Crippen LogP contribution in [0.25, 0.3) is 11.0 Å². The highest BCUT2D eigenvalue weighted by Gasteiger charge is 2.63. The van der Waals surface area contributed by atoms with Crippen LogP contribution in [-0.4, -0.2) is 78.3 Å². The number of aliphatic hydroxyl groups excluding tert-OH is 1. The monoisotopic (exact) mass is 517 g/mol. The molecule has 2 aromatic rings. The number of hydrogen-bond acceptors (Lipinski definition) is 10. The van der Waals surface area contributed by atoms with Crippen LogP contribution in [0.3, 0.4) is 0 Å². The number of fused-ring (bicyclic) bond motifs is 5. The summed E-state index contributed by atoms with van der Waals surface area (Å²) < 4.78 is 32.6. The number of nitrogens with one attached hydrogen (secondary N) is 2. The van der Waals surface area contributed by atoms with Gasteiger partial charge in [0.05, 0.1) is 35.4 Å². The number of carbonyl (C=O) groups excluding carboxylic acids is 4. The van der Waals surface area contributed by atoms with Gasteiger partial charge in [-0.15, -0.1) is 0 Å². The quantitative estimate of drug-likeness (QED) is 0.490. The van der Waals surface area contributed by atoms with Crippen LogP contribution in [0.4, 0.5) is 25.5 Å². The van der Waals surface area contributed by atoms with Gasteiger partial charge in [0.2, 0.25) is 17.4 Å². The third kappa shape index (κ3) is 3.18. The van der Waals surface area contributed by atoms with E-state index < -0.39 is 53.4 Å². The first kappa shape index (κ1) is 23.6. The van der Waals surface area contributed by atoms with Crippen molar-refractivity contribution in [2.75, 3.05) is 29.6 Å². The van der Waals surface area contributed by atoms with Crippen LogP contribution >= 0.6 is 0 Å². The topological polar surface area (TPSA) is 164 Å². The molecule has 1 spiro atoms. The number of hydrogen-bond donors (Lipinski definition) is 3. The fourth-order valence-electron chi connectivity index (χ4n) is 6.19. The van der Waals surface area contributed by atoms with Crippen molar-refractivity contribution in [3.05, 3.63) is 17.4 Å². The lowest BCUT2D eigenvalue weighted by molar-refractivity contribution is -0.153. The van der Waals surface area contributed by atoms with E-state index in [4.69, 9.17) is 14.0 Å². The summed E-state index contributed by atoms with van der Waals surface area (Å²) in [5, 5.41) is 17.9. The molecule has 0 saturated carbocycles. The van der Waals surface area contributed by atoms with Crippen LogP contribution in [0.5, 0.6) is 0 Å². The molecule has 13 nitrogen and oxygen atoms in total. The second kappa shape index (κ2) is 8.11. The molecule has 0 radical (unpaired) electrons. The number of aromatic nitrogens is 1. The van der Waals surface area contributed by atoms with Crippen molar-refractivity contribution < 1.29 is 42.7 Å². The minimum atomic E-state index is -1.79. The van der Waals surface area contributed by atoms with E-state index >= 15 is 4.39 Å². The van der Waals surface area contributed by atoms with Gasteiger partial charge in [0.15, 0.2) is 17.1 Å². The first-order valence-corrected chi connectivity index (χ1v) is 11.9. The van der Waals surface area contributed by atoms with Crippen LogP contribution in [0, 0.1) is 11.2 Å². The van der Waals surface area contributed by atoms with Gasteiger partial charge in [0.1, 0.15) is 6.61 Å². The van der Waals surface area contributed by atoms with Crippen molar-refractivity contribution in [2.24, 2.45) is 5.41 Å². The zero-order valence-electron chi connectivity index (χ0n) is 19.9. The summed E-state index contributed by atoms with van der Waals surface area (Å²) >= 11 is 0. The molecule has 3 saturated heterocycles.